The van der Waals surface area contributed by atoms with Gasteiger partial charge in [0.05, 0.1) is 12.2 Å². The van der Waals surface area contributed by atoms with E-state index in [1.807, 2.05) is 13.8 Å². The standard InChI is InChI=1S/C14H25N3O2/c1-5-11(6-2)12(18)9-16-14-15-8-7-13(17-14)19-10(3)4/h7-8,10-12,18H,5-6,9H2,1-4H3,(H,15,16,17). The Bertz CT molecular complexity index is 367. The highest BCUT2D eigenvalue weighted by Crippen LogP contribution is 2.14. The molecule has 1 unspecified atom stereocenters. The molecule has 1 heterocycles. The van der Waals surface area contributed by atoms with Crippen molar-refractivity contribution in [2.24, 2.45) is 5.92 Å². The van der Waals surface area contributed by atoms with E-state index in [4.69, 9.17) is 4.74 Å². The molecule has 1 rings (SSSR count). The van der Waals surface area contributed by atoms with Gasteiger partial charge in [0, 0.05) is 18.8 Å². The summed E-state index contributed by atoms with van der Waals surface area (Å²) in [4.78, 5) is 8.36. The highest BCUT2D eigenvalue weighted by Gasteiger charge is 2.15. The van der Waals surface area contributed by atoms with Gasteiger partial charge in [0.15, 0.2) is 0 Å². The van der Waals surface area contributed by atoms with Crippen molar-refractivity contribution in [3.63, 3.8) is 0 Å². The minimum absolute atomic E-state index is 0.0814. The summed E-state index contributed by atoms with van der Waals surface area (Å²) in [6, 6.07) is 1.72. The maximum atomic E-state index is 10.0. The van der Waals surface area contributed by atoms with Crippen LogP contribution in [0.1, 0.15) is 40.5 Å². The number of anilines is 1. The number of aliphatic hydroxyl groups excluding tert-OH is 1. The van der Waals surface area contributed by atoms with Crippen molar-refractivity contribution in [3.8, 4) is 5.88 Å². The van der Waals surface area contributed by atoms with E-state index >= 15 is 0 Å². The molecule has 0 saturated carbocycles. The van der Waals surface area contributed by atoms with Crippen LogP contribution >= 0.6 is 0 Å². The van der Waals surface area contributed by atoms with Crippen molar-refractivity contribution in [1.82, 2.24) is 9.97 Å². The van der Waals surface area contributed by atoms with Crippen LogP contribution in [0.5, 0.6) is 5.88 Å². The predicted octanol–water partition coefficient (Wildman–Crippen LogP) is 2.47. The van der Waals surface area contributed by atoms with Crippen LogP contribution in [0, 0.1) is 5.92 Å². The number of nitrogens with one attached hydrogen (secondary N) is 1. The number of hydrogen-bond acceptors (Lipinski definition) is 5. The van der Waals surface area contributed by atoms with Gasteiger partial charge in [0.25, 0.3) is 0 Å². The van der Waals surface area contributed by atoms with Crippen molar-refractivity contribution in [1.29, 1.82) is 0 Å². The summed E-state index contributed by atoms with van der Waals surface area (Å²) in [6.45, 7) is 8.53. The van der Waals surface area contributed by atoms with E-state index in [-0.39, 0.29) is 12.2 Å². The quantitative estimate of drug-likeness (QED) is 0.757. The fraction of sp³-hybridized carbons (Fsp3) is 0.714. The Morgan fingerprint density at radius 2 is 2.00 bits per heavy atom. The molecule has 0 saturated heterocycles. The largest absolute Gasteiger partial charge is 0.475 e. The highest BCUT2D eigenvalue weighted by molar-refractivity contribution is 5.27. The molecule has 0 aromatic carbocycles. The Morgan fingerprint density at radius 1 is 1.32 bits per heavy atom. The van der Waals surface area contributed by atoms with Crippen LogP contribution < -0.4 is 10.1 Å². The Labute approximate surface area is 115 Å². The van der Waals surface area contributed by atoms with Crippen LogP contribution in [0.15, 0.2) is 12.3 Å². The maximum Gasteiger partial charge on any atom is 0.226 e. The molecule has 2 N–H and O–H groups in total. The normalized spacial score (nSPS) is 12.8. The lowest BCUT2D eigenvalue weighted by Crippen LogP contribution is -2.28. The van der Waals surface area contributed by atoms with Gasteiger partial charge in [-0.3, -0.25) is 0 Å². The summed E-state index contributed by atoms with van der Waals surface area (Å²) >= 11 is 0. The number of hydrogen-bond donors (Lipinski definition) is 2. The lowest BCUT2D eigenvalue weighted by atomic mass is 9.97. The van der Waals surface area contributed by atoms with Crippen LogP contribution in [0.4, 0.5) is 5.95 Å². The van der Waals surface area contributed by atoms with Gasteiger partial charge in [0.2, 0.25) is 11.8 Å². The second-order valence-electron chi connectivity index (χ2n) is 4.91. The minimum Gasteiger partial charge on any atom is -0.475 e. The molecule has 0 spiro atoms. The molecule has 0 fully saturated rings. The lowest BCUT2D eigenvalue weighted by Gasteiger charge is -2.20. The minimum atomic E-state index is -0.381. The summed E-state index contributed by atoms with van der Waals surface area (Å²) in [6.07, 6.45) is 3.29. The third kappa shape index (κ3) is 5.42. The van der Waals surface area contributed by atoms with E-state index in [9.17, 15) is 5.11 Å². The fourth-order valence-electron chi connectivity index (χ4n) is 1.93. The summed E-state index contributed by atoms with van der Waals surface area (Å²) in [5.41, 5.74) is 0. The summed E-state index contributed by atoms with van der Waals surface area (Å²) in [5, 5.41) is 13.1. The molecule has 5 nitrogen and oxygen atoms in total. The van der Waals surface area contributed by atoms with Gasteiger partial charge >= 0.3 is 0 Å². The Kier molecular flexibility index (Phi) is 6.56. The van der Waals surface area contributed by atoms with Crippen molar-refractivity contribution < 1.29 is 9.84 Å². The van der Waals surface area contributed by atoms with Gasteiger partial charge in [-0.05, 0) is 19.8 Å². The summed E-state index contributed by atoms with van der Waals surface area (Å²) < 4.78 is 5.50. The van der Waals surface area contributed by atoms with E-state index in [0.717, 1.165) is 12.8 Å². The molecule has 0 radical (unpaired) electrons. The SMILES string of the molecule is CCC(CC)C(O)CNc1nccc(OC(C)C)n1. The molecule has 1 aromatic rings. The van der Waals surface area contributed by atoms with Crippen LogP contribution in [0.3, 0.4) is 0 Å². The smallest absolute Gasteiger partial charge is 0.226 e. The monoisotopic (exact) mass is 267 g/mol. The molecule has 5 heteroatoms. The molecule has 1 atom stereocenters. The van der Waals surface area contributed by atoms with E-state index in [1.54, 1.807) is 12.3 Å². The first-order valence-corrected chi connectivity index (χ1v) is 6.98. The van der Waals surface area contributed by atoms with Crippen LogP contribution in [-0.2, 0) is 0 Å². The topological polar surface area (TPSA) is 67.3 Å². The molecule has 0 bridgehead atoms. The van der Waals surface area contributed by atoms with Gasteiger partial charge in [-0.15, -0.1) is 0 Å². The fourth-order valence-corrected chi connectivity index (χ4v) is 1.93. The number of rotatable bonds is 8. The van der Waals surface area contributed by atoms with E-state index < -0.39 is 0 Å². The second kappa shape index (κ2) is 7.94. The Balaban J connectivity index is 2.53. The third-order valence-corrected chi connectivity index (χ3v) is 3.05. The first kappa shape index (κ1) is 15.7. The molecule has 0 aliphatic carbocycles. The second-order valence-corrected chi connectivity index (χ2v) is 4.91. The van der Waals surface area contributed by atoms with Gasteiger partial charge in [-0.1, -0.05) is 26.7 Å². The lowest BCUT2D eigenvalue weighted by molar-refractivity contribution is 0.114. The molecular weight excluding hydrogens is 242 g/mol. The molecule has 108 valence electrons. The number of nitrogens with zero attached hydrogens (tertiary/aromatic N) is 2. The molecule has 0 aliphatic heterocycles. The van der Waals surface area contributed by atoms with Crippen molar-refractivity contribution >= 4 is 5.95 Å². The Hall–Kier alpha value is -1.36. The average Bonchev–Trinajstić information content (AvgIpc) is 2.37. The van der Waals surface area contributed by atoms with Gasteiger partial charge < -0.3 is 15.2 Å². The number of aliphatic hydroxyl groups is 1. The zero-order chi connectivity index (χ0) is 14.3. The Morgan fingerprint density at radius 3 is 2.58 bits per heavy atom. The maximum absolute atomic E-state index is 10.0. The zero-order valence-corrected chi connectivity index (χ0v) is 12.3. The van der Waals surface area contributed by atoms with Crippen molar-refractivity contribution in [2.45, 2.75) is 52.7 Å². The molecule has 19 heavy (non-hydrogen) atoms. The average molecular weight is 267 g/mol. The van der Waals surface area contributed by atoms with E-state index in [1.165, 1.54) is 0 Å². The zero-order valence-electron chi connectivity index (χ0n) is 12.3. The van der Waals surface area contributed by atoms with Gasteiger partial charge in [-0.25, -0.2) is 4.98 Å². The molecule has 0 aliphatic rings. The van der Waals surface area contributed by atoms with E-state index in [0.29, 0.717) is 24.3 Å². The molecule has 1 aromatic heterocycles. The summed E-state index contributed by atoms with van der Waals surface area (Å²) in [7, 11) is 0. The third-order valence-electron chi connectivity index (χ3n) is 3.05. The number of ether oxygens (including phenoxy) is 1. The van der Waals surface area contributed by atoms with Gasteiger partial charge in [-0.2, -0.15) is 4.98 Å². The molecule has 0 amide bonds. The highest BCUT2D eigenvalue weighted by atomic mass is 16.5. The first-order valence-electron chi connectivity index (χ1n) is 6.98. The van der Waals surface area contributed by atoms with Crippen molar-refractivity contribution in [2.75, 3.05) is 11.9 Å². The van der Waals surface area contributed by atoms with Gasteiger partial charge in [0.1, 0.15) is 0 Å². The molecular formula is C14H25N3O2. The van der Waals surface area contributed by atoms with Crippen LogP contribution in [0.25, 0.3) is 0 Å². The predicted molar refractivity (Wildman–Crippen MR) is 76.4 cm³/mol. The van der Waals surface area contributed by atoms with Crippen LogP contribution in [0.2, 0.25) is 0 Å². The first-order chi connectivity index (χ1) is 9.06. The van der Waals surface area contributed by atoms with Crippen LogP contribution in [-0.4, -0.2) is 33.8 Å². The number of aromatic nitrogens is 2. The van der Waals surface area contributed by atoms with Crippen molar-refractivity contribution in [3.05, 3.63) is 12.3 Å². The summed E-state index contributed by atoms with van der Waals surface area (Å²) in [5.74, 6) is 1.34. The van der Waals surface area contributed by atoms with E-state index in [2.05, 4.69) is 29.1 Å².